The van der Waals surface area contributed by atoms with E-state index in [9.17, 15) is 4.79 Å². The first-order chi connectivity index (χ1) is 14.6. The van der Waals surface area contributed by atoms with Gasteiger partial charge in [-0.2, -0.15) is 0 Å². The Morgan fingerprint density at radius 2 is 1.83 bits per heavy atom. The van der Waals surface area contributed by atoms with Crippen LogP contribution in [-0.4, -0.2) is 50.6 Å². The van der Waals surface area contributed by atoms with Crippen molar-refractivity contribution in [3.8, 4) is 5.75 Å². The highest BCUT2D eigenvalue weighted by Crippen LogP contribution is 2.32. The maximum Gasteiger partial charge on any atom is 0.258 e. The molecule has 0 spiro atoms. The number of aryl methyl sites for hydroxylation is 1. The number of fused-ring (bicyclic) bond motifs is 1. The van der Waals surface area contributed by atoms with E-state index in [1.807, 2.05) is 31.2 Å². The largest absolute Gasteiger partial charge is 0.484 e. The van der Waals surface area contributed by atoms with Gasteiger partial charge in [0.2, 0.25) is 0 Å². The number of carbonyl (C=O) groups is 1. The molecule has 2 heterocycles. The van der Waals surface area contributed by atoms with Crippen molar-refractivity contribution in [3.63, 3.8) is 0 Å². The third kappa shape index (κ3) is 4.96. The number of hydrogen-bond acceptors (Lipinski definition) is 4. The highest BCUT2D eigenvalue weighted by Gasteiger charge is 2.25. The Labute approximate surface area is 180 Å². The average Bonchev–Trinajstić information content (AvgIpc) is 3.14. The molecule has 5 heteroatoms. The molecule has 2 aliphatic rings. The average molecular weight is 408 g/mol. The summed E-state index contributed by atoms with van der Waals surface area (Å²) in [5.41, 5.74) is 5.25. The Kier molecular flexibility index (Phi) is 6.58. The van der Waals surface area contributed by atoms with Crippen molar-refractivity contribution in [1.82, 2.24) is 10.2 Å². The van der Waals surface area contributed by atoms with E-state index < -0.39 is 0 Å². The molecule has 1 N–H and O–H groups in total. The Bertz CT molecular complexity index is 859. The number of nitrogens with zero attached hydrogens (tertiary/aromatic N) is 2. The number of hydrogen-bond donors (Lipinski definition) is 1. The van der Waals surface area contributed by atoms with Crippen LogP contribution in [0.1, 0.15) is 42.0 Å². The fourth-order valence-electron chi connectivity index (χ4n) is 4.53. The number of anilines is 1. The number of ether oxygens (including phenoxy) is 1. The van der Waals surface area contributed by atoms with Crippen molar-refractivity contribution in [2.45, 2.75) is 38.6 Å². The fraction of sp³-hybridized carbons (Fsp3) is 0.480. The normalized spacial score (nSPS) is 17.5. The maximum atomic E-state index is 12.5. The van der Waals surface area contributed by atoms with E-state index in [2.05, 4.69) is 40.4 Å². The number of benzene rings is 2. The molecule has 2 aliphatic heterocycles. The molecule has 0 aliphatic carbocycles. The zero-order valence-electron chi connectivity index (χ0n) is 18.2. The predicted molar refractivity (Wildman–Crippen MR) is 121 cm³/mol. The Hall–Kier alpha value is -2.53. The lowest BCUT2D eigenvalue weighted by molar-refractivity contribution is -0.123. The van der Waals surface area contributed by atoms with Crippen LogP contribution < -0.4 is 15.0 Å². The van der Waals surface area contributed by atoms with Crippen molar-refractivity contribution in [2.24, 2.45) is 0 Å². The lowest BCUT2D eigenvalue weighted by atomic mass is 9.98. The highest BCUT2D eigenvalue weighted by atomic mass is 16.5. The lowest BCUT2D eigenvalue weighted by Crippen LogP contribution is -2.41. The second-order valence-electron chi connectivity index (χ2n) is 8.58. The van der Waals surface area contributed by atoms with Crippen LogP contribution in [0.4, 0.5) is 5.69 Å². The van der Waals surface area contributed by atoms with Crippen LogP contribution >= 0.6 is 0 Å². The first kappa shape index (κ1) is 20.7. The Morgan fingerprint density at radius 1 is 1.07 bits per heavy atom. The standard InChI is InChI=1S/C25H33N3O2/c1-19-6-9-22(10-7-19)30-18-25(29)26-17-24(28-13-4-3-5-14-28)20-8-11-23-21(16-20)12-15-27(23)2/h6-11,16,24H,3-5,12-15,17-18H2,1-2H3,(H,26,29). The quantitative estimate of drug-likeness (QED) is 0.760. The van der Waals surface area contributed by atoms with E-state index in [1.54, 1.807) is 0 Å². The van der Waals surface area contributed by atoms with E-state index >= 15 is 0 Å². The summed E-state index contributed by atoms with van der Waals surface area (Å²) < 4.78 is 5.65. The van der Waals surface area contributed by atoms with Gasteiger partial charge in [0.1, 0.15) is 5.75 Å². The van der Waals surface area contributed by atoms with E-state index in [4.69, 9.17) is 4.74 Å². The Balaban J connectivity index is 1.40. The number of piperidine rings is 1. The maximum absolute atomic E-state index is 12.5. The molecule has 1 amide bonds. The van der Waals surface area contributed by atoms with E-state index in [-0.39, 0.29) is 18.6 Å². The molecule has 0 bridgehead atoms. The van der Waals surface area contributed by atoms with Gasteiger partial charge in [-0.25, -0.2) is 0 Å². The van der Waals surface area contributed by atoms with Gasteiger partial charge in [-0.1, -0.05) is 36.2 Å². The zero-order valence-corrected chi connectivity index (χ0v) is 18.2. The molecule has 1 atom stereocenters. The summed E-state index contributed by atoms with van der Waals surface area (Å²) in [6.07, 6.45) is 4.86. The number of carbonyl (C=O) groups excluding carboxylic acids is 1. The summed E-state index contributed by atoms with van der Waals surface area (Å²) in [5, 5.41) is 3.12. The van der Waals surface area contributed by atoms with Crippen LogP contribution in [0.15, 0.2) is 42.5 Å². The SMILES string of the molecule is Cc1ccc(OCC(=O)NCC(c2ccc3c(c2)CCN3C)N2CCCCC2)cc1. The van der Waals surface area contributed by atoms with E-state index in [1.165, 1.54) is 41.6 Å². The van der Waals surface area contributed by atoms with E-state index in [0.29, 0.717) is 6.54 Å². The minimum absolute atomic E-state index is 0.0464. The lowest BCUT2D eigenvalue weighted by Gasteiger charge is -2.35. The smallest absolute Gasteiger partial charge is 0.258 e. The molecule has 160 valence electrons. The van der Waals surface area contributed by atoms with Crippen molar-refractivity contribution in [1.29, 1.82) is 0 Å². The molecule has 4 rings (SSSR count). The third-order valence-corrected chi connectivity index (χ3v) is 6.33. The van der Waals surface area contributed by atoms with Crippen molar-refractivity contribution in [3.05, 3.63) is 59.2 Å². The predicted octanol–water partition coefficient (Wildman–Crippen LogP) is 3.71. The molecule has 1 unspecified atom stereocenters. The minimum Gasteiger partial charge on any atom is -0.484 e. The molecule has 0 radical (unpaired) electrons. The van der Waals surface area contributed by atoms with Crippen molar-refractivity contribution in [2.75, 3.05) is 44.7 Å². The van der Waals surface area contributed by atoms with Crippen molar-refractivity contribution < 1.29 is 9.53 Å². The van der Waals surface area contributed by atoms with Gasteiger partial charge in [-0.3, -0.25) is 9.69 Å². The third-order valence-electron chi connectivity index (χ3n) is 6.33. The summed E-state index contributed by atoms with van der Waals surface area (Å²) in [6, 6.07) is 14.8. The fourth-order valence-corrected chi connectivity index (χ4v) is 4.53. The van der Waals surface area contributed by atoms with Crippen LogP contribution in [0.25, 0.3) is 0 Å². The minimum atomic E-state index is -0.0709. The van der Waals surface area contributed by atoms with Crippen molar-refractivity contribution >= 4 is 11.6 Å². The topological polar surface area (TPSA) is 44.8 Å². The second-order valence-corrected chi connectivity index (χ2v) is 8.58. The number of likely N-dealkylation sites (N-methyl/N-ethyl adjacent to an activating group) is 1. The molecular formula is C25H33N3O2. The Morgan fingerprint density at radius 3 is 2.60 bits per heavy atom. The van der Waals surface area contributed by atoms with Gasteiger partial charge in [0.05, 0.1) is 6.04 Å². The summed E-state index contributed by atoms with van der Waals surface area (Å²) in [7, 11) is 2.15. The van der Waals surface area contributed by atoms with Gasteiger partial charge >= 0.3 is 0 Å². The molecule has 2 aromatic rings. The zero-order chi connectivity index (χ0) is 20.9. The van der Waals surface area contributed by atoms with Crippen LogP contribution in [0, 0.1) is 6.92 Å². The molecule has 1 saturated heterocycles. The number of nitrogens with one attached hydrogen (secondary N) is 1. The molecule has 5 nitrogen and oxygen atoms in total. The van der Waals surface area contributed by atoms with Crippen LogP contribution in [0.3, 0.4) is 0 Å². The molecule has 2 aromatic carbocycles. The van der Waals surface area contributed by atoms with Crippen LogP contribution in [-0.2, 0) is 11.2 Å². The number of amides is 1. The molecule has 0 aromatic heterocycles. The van der Waals surface area contributed by atoms with Gasteiger partial charge in [0, 0.05) is 25.8 Å². The van der Waals surface area contributed by atoms with Gasteiger partial charge in [0.15, 0.2) is 6.61 Å². The molecule has 0 saturated carbocycles. The highest BCUT2D eigenvalue weighted by molar-refractivity contribution is 5.77. The van der Waals surface area contributed by atoms with E-state index in [0.717, 1.165) is 31.8 Å². The summed E-state index contributed by atoms with van der Waals surface area (Å²) in [6.45, 7) is 5.97. The summed E-state index contributed by atoms with van der Waals surface area (Å²) in [4.78, 5) is 17.3. The van der Waals surface area contributed by atoms with Gasteiger partial charge in [-0.05, 0) is 68.6 Å². The first-order valence-electron chi connectivity index (χ1n) is 11.1. The second kappa shape index (κ2) is 9.52. The summed E-state index contributed by atoms with van der Waals surface area (Å²) >= 11 is 0. The molecule has 1 fully saturated rings. The van der Waals surface area contributed by atoms with Crippen LogP contribution in [0.5, 0.6) is 5.75 Å². The summed E-state index contributed by atoms with van der Waals surface area (Å²) in [5.74, 6) is 0.657. The van der Waals surface area contributed by atoms with Gasteiger partial charge in [-0.15, -0.1) is 0 Å². The van der Waals surface area contributed by atoms with Gasteiger partial charge in [0.25, 0.3) is 5.91 Å². The molecular weight excluding hydrogens is 374 g/mol. The van der Waals surface area contributed by atoms with Crippen LogP contribution in [0.2, 0.25) is 0 Å². The first-order valence-corrected chi connectivity index (χ1v) is 11.1. The monoisotopic (exact) mass is 407 g/mol. The van der Waals surface area contributed by atoms with Gasteiger partial charge < -0.3 is 15.0 Å². The molecule has 30 heavy (non-hydrogen) atoms. The number of rotatable bonds is 7. The number of likely N-dealkylation sites (tertiary alicyclic amines) is 1.